The number of nitrogens with zero attached hydrogens (tertiary/aromatic N) is 2. The van der Waals surface area contributed by atoms with Crippen LogP contribution in [0.15, 0.2) is 64.0 Å². The molecule has 2 amide bonds. The van der Waals surface area contributed by atoms with Gasteiger partial charge in [-0.05, 0) is 54.3 Å². The van der Waals surface area contributed by atoms with Crippen molar-refractivity contribution in [3.63, 3.8) is 0 Å². The van der Waals surface area contributed by atoms with Gasteiger partial charge in [-0.3, -0.25) is 14.4 Å². The van der Waals surface area contributed by atoms with Gasteiger partial charge in [0.15, 0.2) is 5.76 Å². The number of aromatic nitrogens is 1. The number of piperidine rings is 1. The summed E-state index contributed by atoms with van der Waals surface area (Å²) in [6.07, 6.45) is 2.49. The Morgan fingerprint density at radius 1 is 1.03 bits per heavy atom. The van der Waals surface area contributed by atoms with Crippen molar-refractivity contribution in [3.05, 3.63) is 76.6 Å². The first-order chi connectivity index (χ1) is 15.0. The van der Waals surface area contributed by atoms with E-state index in [9.17, 15) is 14.4 Å². The van der Waals surface area contributed by atoms with Crippen molar-refractivity contribution < 1.29 is 14.0 Å². The molecule has 2 atom stereocenters. The Balaban J connectivity index is 1.43. The Morgan fingerprint density at radius 3 is 2.55 bits per heavy atom. The van der Waals surface area contributed by atoms with E-state index >= 15 is 0 Å². The molecule has 7 heteroatoms. The van der Waals surface area contributed by atoms with E-state index in [4.69, 9.17) is 4.42 Å². The van der Waals surface area contributed by atoms with Crippen molar-refractivity contribution in [3.8, 4) is 11.1 Å². The van der Waals surface area contributed by atoms with Gasteiger partial charge in [0.05, 0.1) is 6.26 Å². The molecule has 158 valence electrons. The lowest BCUT2D eigenvalue weighted by molar-refractivity contribution is -0.114. The first-order valence-electron chi connectivity index (χ1n) is 10.4. The van der Waals surface area contributed by atoms with Crippen molar-refractivity contribution in [1.82, 2.24) is 9.47 Å². The fraction of sp³-hybridized carbons (Fsp3) is 0.292. The van der Waals surface area contributed by atoms with Crippen molar-refractivity contribution in [2.24, 2.45) is 5.92 Å². The van der Waals surface area contributed by atoms with Gasteiger partial charge in [0.25, 0.3) is 11.5 Å². The van der Waals surface area contributed by atoms with Crippen molar-refractivity contribution >= 4 is 17.5 Å². The summed E-state index contributed by atoms with van der Waals surface area (Å²) in [6, 6.07) is 14.6. The number of nitrogens with one attached hydrogen (secondary N) is 1. The molecule has 5 rings (SSSR count). The van der Waals surface area contributed by atoms with E-state index in [2.05, 4.69) is 5.32 Å². The topological polar surface area (TPSA) is 84.5 Å². The van der Waals surface area contributed by atoms with Crippen LogP contribution in [0.1, 0.15) is 35.5 Å². The molecular formula is C24H23N3O4. The number of amides is 2. The third kappa shape index (κ3) is 3.56. The van der Waals surface area contributed by atoms with Crippen LogP contribution in [-0.2, 0) is 11.3 Å². The summed E-state index contributed by atoms with van der Waals surface area (Å²) in [5, 5.41) is 2.74. The van der Waals surface area contributed by atoms with Gasteiger partial charge in [-0.25, -0.2) is 0 Å². The lowest BCUT2D eigenvalue weighted by Crippen LogP contribution is -2.49. The van der Waals surface area contributed by atoms with Crippen LogP contribution in [0.3, 0.4) is 0 Å². The minimum atomic E-state index is -0.132. The molecule has 0 spiro atoms. The zero-order valence-corrected chi connectivity index (χ0v) is 17.2. The van der Waals surface area contributed by atoms with Gasteiger partial charge < -0.3 is 19.2 Å². The Kier molecular flexibility index (Phi) is 4.73. The van der Waals surface area contributed by atoms with Crippen LogP contribution in [0.2, 0.25) is 0 Å². The highest BCUT2D eigenvalue weighted by Gasteiger charge is 2.37. The standard InChI is InChI=1S/C24H23N3O4/c1-15(28)25-19-6-4-17(5-7-19)20-8-9-21-18-11-16(13-27(21)23(20)29)12-26(14-18)24(30)22-3-2-10-31-22/h2-10,16,18H,11-14H2,1H3,(H,25,28)/t16-,18-/m1/s1. The summed E-state index contributed by atoms with van der Waals surface area (Å²) in [5.74, 6) is 0.505. The molecule has 1 fully saturated rings. The Bertz CT molecular complexity index is 1190. The first kappa shape index (κ1) is 19.4. The predicted octanol–water partition coefficient (Wildman–Crippen LogP) is 3.33. The van der Waals surface area contributed by atoms with Crippen LogP contribution in [0.4, 0.5) is 5.69 Å². The Hall–Kier alpha value is -3.61. The minimum Gasteiger partial charge on any atom is -0.459 e. The highest BCUT2D eigenvalue weighted by atomic mass is 16.3. The predicted molar refractivity (Wildman–Crippen MR) is 116 cm³/mol. The number of rotatable bonds is 3. The average Bonchev–Trinajstić information content (AvgIpc) is 3.29. The normalized spacial score (nSPS) is 19.6. The van der Waals surface area contributed by atoms with E-state index in [1.165, 1.54) is 13.2 Å². The zero-order valence-electron chi connectivity index (χ0n) is 17.2. The van der Waals surface area contributed by atoms with Crippen LogP contribution >= 0.6 is 0 Å². The molecule has 2 aliphatic heterocycles. The molecule has 0 radical (unpaired) electrons. The summed E-state index contributed by atoms with van der Waals surface area (Å²) in [5.41, 5.74) is 3.13. The number of furan rings is 1. The van der Waals surface area contributed by atoms with Gasteiger partial charge in [-0.2, -0.15) is 0 Å². The van der Waals surface area contributed by atoms with Crippen LogP contribution in [0.25, 0.3) is 11.1 Å². The van der Waals surface area contributed by atoms with Gasteiger partial charge in [0.2, 0.25) is 5.91 Å². The van der Waals surface area contributed by atoms with Crippen molar-refractivity contribution in [1.29, 1.82) is 0 Å². The van der Waals surface area contributed by atoms with Crippen LogP contribution in [0, 0.1) is 5.92 Å². The van der Waals surface area contributed by atoms with E-state index in [0.717, 1.165) is 17.7 Å². The number of hydrogen-bond acceptors (Lipinski definition) is 4. The van der Waals surface area contributed by atoms with Crippen LogP contribution < -0.4 is 10.9 Å². The molecule has 1 aromatic carbocycles. The molecule has 4 heterocycles. The molecule has 2 aliphatic rings. The fourth-order valence-corrected chi connectivity index (χ4v) is 4.82. The van der Waals surface area contributed by atoms with Gasteiger partial charge in [-0.15, -0.1) is 0 Å². The molecule has 0 saturated carbocycles. The molecule has 1 N–H and O–H groups in total. The van der Waals surface area contributed by atoms with Crippen LogP contribution in [-0.4, -0.2) is 34.4 Å². The SMILES string of the molecule is CC(=O)Nc1ccc(-c2ccc3n(c2=O)C[C@@H]2C[C@@H]3CN(C(=O)c3ccco3)C2)cc1. The Morgan fingerprint density at radius 2 is 1.84 bits per heavy atom. The molecular weight excluding hydrogens is 394 g/mol. The van der Waals surface area contributed by atoms with Crippen molar-refractivity contribution in [2.75, 3.05) is 18.4 Å². The molecule has 2 aromatic heterocycles. The number of fused-ring (bicyclic) bond motifs is 4. The summed E-state index contributed by atoms with van der Waals surface area (Å²) < 4.78 is 7.16. The monoisotopic (exact) mass is 417 g/mol. The number of hydrogen-bond donors (Lipinski definition) is 1. The van der Waals surface area contributed by atoms with E-state index in [1.807, 2.05) is 33.7 Å². The molecule has 1 saturated heterocycles. The van der Waals surface area contributed by atoms with E-state index in [0.29, 0.717) is 36.6 Å². The first-order valence-corrected chi connectivity index (χ1v) is 10.4. The smallest absolute Gasteiger partial charge is 0.289 e. The number of anilines is 1. The largest absolute Gasteiger partial charge is 0.459 e. The number of pyridine rings is 1. The molecule has 0 unspecified atom stereocenters. The highest BCUT2D eigenvalue weighted by Crippen LogP contribution is 2.36. The summed E-state index contributed by atoms with van der Waals surface area (Å²) >= 11 is 0. The van der Waals surface area contributed by atoms with Gasteiger partial charge in [0, 0.05) is 49.4 Å². The highest BCUT2D eigenvalue weighted by molar-refractivity contribution is 5.91. The molecule has 2 bridgehead atoms. The fourth-order valence-electron chi connectivity index (χ4n) is 4.82. The zero-order chi connectivity index (χ0) is 21.5. The second-order valence-electron chi connectivity index (χ2n) is 8.33. The molecule has 7 nitrogen and oxygen atoms in total. The second-order valence-corrected chi connectivity index (χ2v) is 8.33. The summed E-state index contributed by atoms with van der Waals surface area (Å²) in [7, 11) is 0. The maximum absolute atomic E-state index is 13.3. The van der Waals surface area contributed by atoms with Crippen LogP contribution in [0.5, 0.6) is 0 Å². The number of benzene rings is 1. The summed E-state index contributed by atoms with van der Waals surface area (Å²) in [4.78, 5) is 39.1. The maximum atomic E-state index is 13.3. The quantitative estimate of drug-likeness (QED) is 0.709. The van der Waals surface area contributed by atoms with Gasteiger partial charge in [0.1, 0.15) is 0 Å². The van der Waals surface area contributed by atoms with E-state index in [-0.39, 0.29) is 29.2 Å². The van der Waals surface area contributed by atoms with Crippen molar-refractivity contribution in [2.45, 2.75) is 25.8 Å². The maximum Gasteiger partial charge on any atom is 0.289 e. The molecule has 0 aliphatic carbocycles. The lowest BCUT2D eigenvalue weighted by atomic mass is 9.82. The average molecular weight is 417 g/mol. The number of likely N-dealkylation sites (tertiary alicyclic amines) is 1. The van der Waals surface area contributed by atoms with Gasteiger partial charge in [-0.1, -0.05) is 12.1 Å². The third-order valence-corrected chi connectivity index (χ3v) is 6.14. The van der Waals surface area contributed by atoms with Gasteiger partial charge >= 0.3 is 0 Å². The molecule has 31 heavy (non-hydrogen) atoms. The minimum absolute atomic E-state index is 0.00899. The summed E-state index contributed by atoms with van der Waals surface area (Å²) in [6.45, 7) is 3.27. The number of carbonyl (C=O) groups excluding carboxylic acids is 2. The number of carbonyl (C=O) groups is 2. The van der Waals surface area contributed by atoms with E-state index < -0.39 is 0 Å². The lowest BCUT2D eigenvalue weighted by Gasteiger charge is -2.42. The van der Waals surface area contributed by atoms with E-state index in [1.54, 1.807) is 24.3 Å². The molecule has 3 aromatic rings. The second kappa shape index (κ2) is 7.58. The Labute approximate surface area is 179 Å². The third-order valence-electron chi connectivity index (χ3n) is 6.14.